The van der Waals surface area contributed by atoms with Crippen LogP contribution in [0.3, 0.4) is 0 Å². The molecule has 0 fully saturated rings. The van der Waals surface area contributed by atoms with Crippen LogP contribution in [0.1, 0.15) is 109 Å². The highest BCUT2D eigenvalue weighted by Gasteiger charge is 2.30. The van der Waals surface area contributed by atoms with Crippen LogP contribution in [0.5, 0.6) is 0 Å². The zero-order valence-electron chi connectivity index (χ0n) is 25.1. The average molecular weight is 525 g/mol. The summed E-state index contributed by atoms with van der Waals surface area (Å²) in [5, 5.41) is 4.67. The molecule has 0 amide bonds. The van der Waals surface area contributed by atoms with E-state index in [-0.39, 0.29) is 12.0 Å². The van der Waals surface area contributed by atoms with Gasteiger partial charge in [-0.25, -0.2) is 0 Å². The molecule has 0 aliphatic carbocycles. The van der Waals surface area contributed by atoms with Crippen LogP contribution in [0.2, 0.25) is 0 Å². The Hall–Kier alpha value is -2.37. The lowest BCUT2D eigenvalue weighted by molar-refractivity contribution is -0.112. The fourth-order valence-electron chi connectivity index (χ4n) is 5.44. The average Bonchev–Trinajstić information content (AvgIpc) is 3.23. The minimum Gasteiger partial charge on any atom is -0.378 e. The molecule has 38 heavy (non-hydrogen) atoms. The third-order valence-corrected chi connectivity index (χ3v) is 7.87. The van der Waals surface area contributed by atoms with Crippen LogP contribution in [0, 0.1) is 0 Å². The van der Waals surface area contributed by atoms with Gasteiger partial charge in [-0.2, -0.15) is 0 Å². The lowest BCUT2D eigenvalue weighted by atomic mass is 9.84. The number of aldehydes is 1. The summed E-state index contributed by atoms with van der Waals surface area (Å²) in [4.78, 5) is 11.8. The van der Waals surface area contributed by atoms with Crippen LogP contribution in [-0.2, 0) is 20.8 Å². The topological polar surface area (TPSA) is 52.5 Å². The van der Waals surface area contributed by atoms with Gasteiger partial charge in [0.25, 0.3) is 0 Å². The number of hydrogen-bond donors (Lipinski definition) is 1. The Morgan fingerprint density at radius 3 is 2.39 bits per heavy atom. The summed E-state index contributed by atoms with van der Waals surface area (Å²) in [7, 11) is 0. The number of benzene rings is 1. The second-order valence-corrected chi connectivity index (χ2v) is 10.8. The largest absolute Gasteiger partial charge is 0.378 e. The summed E-state index contributed by atoms with van der Waals surface area (Å²) in [5.74, 6) is 0.705. The number of hydrogen-bond acceptors (Lipinski definition) is 4. The van der Waals surface area contributed by atoms with E-state index in [0.717, 1.165) is 49.8 Å². The van der Waals surface area contributed by atoms with Gasteiger partial charge in [-0.3, -0.25) is 0 Å². The minimum absolute atomic E-state index is 0.0914. The van der Waals surface area contributed by atoms with Crippen molar-refractivity contribution in [1.82, 2.24) is 9.88 Å². The molecule has 1 N–H and O–H groups in total. The highest BCUT2D eigenvalue weighted by Crippen LogP contribution is 2.42. The molecule has 5 nitrogen and oxygen atoms in total. The van der Waals surface area contributed by atoms with Gasteiger partial charge in [-0.05, 0) is 63.1 Å². The van der Waals surface area contributed by atoms with E-state index in [1.807, 2.05) is 13.8 Å². The molecule has 0 saturated carbocycles. The lowest BCUT2D eigenvalue weighted by Crippen LogP contribution is -2.41. The maximum absolute atomic E-state index is 11.8. The molecule has 2 aromatic rings. The predicted octanol–water partition coefficient (Wildman–Crippen LogP) is 7.98. The number of aromatic nitrogens is 1. The molecule has 1 heterocycles. The molecule has 0 aliphatic heterocycles. The van der Waals surface area contributed by atoms with E-state index in [2.05, 4.69) is 75.9 Å². The van der Waals surface area contributed by atoms with Crippen molar-refractivity contribution in [3.63, 3.8) is 0 Å². The second kappa shape index (κ2) is 15.3. The van der Waals surface area contributed by atoms with Gasteiger partial charge >= 0.3 is 0 Å². The van der Waals surface area contributed by atoms with Crippen molar-refractivity contribution >= 4 is 22.9 Å². The molecule has 0 spiro atoms. The summed E-state index contributed by atoms with van der Waals surface area (Å²) < 4.78 is 14.5. The maximum atomic E-state index is 11.8. The second-order valence-electron chi connectivity index (χ2n) is 10.8. The first-order valence-electron chi connectivity index (χ1n) is 14.6. The molecule has 1 aromatic heterocycles. The molecule has 3 atom stereocenters. The molecule has 3 unspecified atom stereocenters. The van der Waals surface area contributed by atoms with Crippen molar-refractivity contribution < 1.29 is 14.3 Å². The van der Waals surface area contributed by atoms with Crippen molar-refractivity contribution in [1.29, 1.82) is 0 Å². The summed E-state index contributed by atoms with van der Waals surface area (Å²) >= 11 is 0. The highest BCUT2D eigenvalue weighted by molar-refractivity contribution is 5.89. The van der Waals surface area contributed by atoms with Gasteiger partial charge in [0.15, 0.2) is 0 Å². The Kier molecular flexibility index (Phi) is 12.8. The van der Waals surface area contributed by atoms with E-state index in [9.17, 15) is 4.79 Å². The number of carbonyl (C=O) groups is 1. The van der Waals surface area contributed by atoms with Crippen LogP contribution in [-0.4, -0.2) is 42.3 Å². The van der Waals surface area contributed by atoms with Gasteiger partial charge in [-0.15, -0.1) is 6.58 Å². The molecule has 1 aromatic carbocycles. The quantitative estimate of drug-likeness (QED) is 0.115. The van der Waals surface area contributed by atoms with E-state index < -0.39 is 5.54 Å². The Morgan fingerprint density at radius 2 is 1.84 bits per heavy atom. The molecule has 0 saturated heterocycles. The fraction of sp³-hybridized carbons (Fsp3) is 0.606. The van der Waals surface area contributed by atoms with E-state index in [1.165, 1.54) is 22.2 Å². The van der Waals surface area contributed by atoms with Gasteiger partial charge in [0.2, 0.25) is 0 Å². The van der Waals surface area contributed by atoms with Crippen molar-refractivity contribution in [2.45, 2.75) is 111 Å². The van der Waals surface area contributed by atoms with Gasteiger partial charge in [0.05, 0.1) is 24.9 Å². The zero-order valence-corrected chi connectivity index (χ0v) is 25.1. The van der Waals surface area contributed by atoms with Crippen molar-refractivity contribution in [3.05, 3.63) is 54.3 Å². The van der Waals surface area contributed by atoms with Gasteiger partial charge < -0.3 is 24.2 Å². The SMILES string of the molecule is C=CCOCCn1c(C(C)C(C)OCC)c(C(CCC)CCC)c2ccc(C(=C)NC(C)(C=O)CC)cc21. The number of nitrogens with zero attached hydrogens (tertiary/aromatic N) is 1. The van der Waals surface area contributed by atoms with E-state index in [1.54, 1.807) is 6.08 Å². The number of nitrogens with one attached hydrogen (secondary N) is 1. The number of rotatable bonds is 19. The van der Waals surface area contributed by atoms with Crippen LogP contribution in [0.4, 0.5) is 0 Å². The summed E-state index contributed by atoms with van der Waals surface area (Å²) in [5.41, 5.74) is 5.12. The Morgan fingerprint density at radius 1 is 1.16 bits per heavy atom. The van der Waals surface area contributed by atoms with Gasteiger partial charge in [-0.1, -0.05) is 65.3 Å². The number of carbonyl (C=O) groups excluding carboxylic acids is 1. The molecule has 2 rings (SSSR count). The molecular weight excluding hydrogens is 472 g/mol. The highest BCUT2D eigenvalue weighted by atomic mass is 16.5. The molecule has 212 valence electrons. The van der Waals surface area contributed by atoms with Crippen LogP contribution < -0.4 is 5.32 Å². The fourth-order valence-corrected chi connectivity index (χ4v) is 5.44. The number of ether oxygens (including phenoxy) is 2. The smallest absolute Gasteiger partial charge is 0.145 e. The van der Waals surface area contributed by atoms with Crippen molar-refractivity contribution in [2.75, 3.05) is 19.8 Å². The first kappa shape index (κ1) is 31.8. The Balaban J connectivity index is 2.79. The van der Waals surface area contributed by atoms with E-state index in [4.69, 9.17) is 9.47 Å². The molecule has 0 radical (unpaired) electrons. The number of fused-ring (bicyclic) bond motifs is 1. The van der Waals surface area contributed by atoms with Gasteiger partial charge in [0.1, 0.15) is 6.29 Å². The van der Waals surface area contributed by atoms with E-state index >= 15 is 0 Å². The van der Waals surface area contributed by atoms with Crippen molar-refractivity contribution in [2.24, 2.45) is 0 Å². The maximum Gasteiger partial charge on any atom is 0.145 e. The third kappa shape index (κ3) is 7.60. The lowest BCUT2D eigenvalue weighted by Gasteiger charge is -2.26. The first-order chi connectivity index (χ1) is 18.2. The van der Waals surface area contributed by atoms with Crippen molar-refractivity contribution in [3.8, 4) is 0 Å². The minimum atomic E-state index is -0.641. The molecule has 5 heteroatoms. The van der Waals surface area contributed by atoms with Gasteiger partial charge in [0, 0.05) is 41.4 Å². The third-order valence-electron chi connectivity index (χ3n) is 7.87. The van der Waals surface area contributed by atoms with Crippen LogP contribution in [0.15, 0.2) is 37.4 Å². The monoisotopic (exact) mass is 524 g/mol. The molecular formula is C33H52N2O3. The molecule has 0 bridgehead atoms. The van der Waals surface area contributed by atoms with Crippen LogP contribution >= 0.6 is 0 Å². The predicted molar refractivity (Wildman–Crippen MR) is 162 cm³/mol. The summed E-state index contributed by atoms with van der Waals surface area (Å²) in [6.45, 7) is 25.7. The standard InChI is InChI=1S/C33H52N2O3/c1-10-15-27(16-11-2)31-29-18-17-28(25(7)34-33(9,13-4)23-36)22-30(29)35(19-21-37-20-12-3)32(31)24(6)26(8)38-14-5/h12,17-18,22-24,26-27,34H,3,7,10-11,13-16,19-21H2,1-2,4-6,8-9H3. The zero-order chi connectivity index (χ0) is 28.3. The summed E-state index contributed by atoms with van der Waals surface area (Å²) in [6.07, 6.45) is 8.16. The Bertz CT molecular complexity index is 1050. The molecule has 0 aliphatic rings. The normalized spacial score (nSPS) is 14.8. The van der Waals surface area contributed by atoms with E-state index in [0.29, 0.717) is 32.2 Å². The summed E-state index contributed by atoms with van der Waals surface area (Å²) in [6, 6.07) is 6.65. The first-order valence-corrected chi connectivity index (χ1v) is 14.6. The van der Waals surface area contributed by atoms with Crippen LogP contribution in [0.25, 0.3) is 16.6 Å². The Labute approximate surface area is 231 Å².